The van der Waals surface area contributed by atoms with Crippen LogP contribution in [0.4, 0.5) is 11.4 Å². The number of hydrogen-bond donors (Lipinski definition) is 1. The van der Waals surface area contributed by atoms with Crippen LogP contribution in [0.1, 0.15) is 21.5 Å². The Hall–Kier alpha value is -4.02. The fraction of sp³-hybridized carbons (Fsp3) is 0.125. The topological polar surface area (TPSA) is 146 Å². The zero-order chi connectivity index (χ0) is 19.6. The Balaban J connectivity index is 1.78. The first-order valence-corrected chi connectivity index (χ1v) is 7.53. The van der Waals surface area contributed by atoms with Crippen molar-refractivity contribution < 1.29 is 24.1 Å². The molecule has 11 nitrogen and oxygen atoms in total. The third kappa shape index (κ3) is 3.66. The molecule has 138 valence electrons. The highest BCUT2D eigenvalue weighted by molar-refractivity contribution is 5.96. The van der Waals surface area contributed by atoms with Gasteiger partial charge in [0.15, 0.2) is 11.5 Å². The van der Waals surface area contributed by atoms with Gasteiger partial charge >= 0.3 is 0 Å². The number of hydrogen-bond acceptors (Lipinski definition) is 8. The molecule has 0 radical (unpaired) electrons. The number of carbonyl (C=O) groups is 1. The van der Waals surface area contributed by atoms with Gasteiger partial charge < -0.3 is 9.47 Å². The normalized spacial score (nSPS) is 12.2. The average Bonchev–Trinajstić information content (AvgIpc) is 3.07. The zero-order valence-corrected chi connectivity index (χ0v) is 13.9. The highest BCUT2D eigenvalue weighted by Crippen LogP contribution is 2.37. The largest absolute Gasteiger partial charge is 0.454 e. The Bertz CT molecular complexity index is 987. The van der Waals surface area contributed by atoms with Crippen molar-refractivity contribution in [3.63, 3.8) is 0 Å². The first-order chi connectivity index (χ1) is 12.9. The molecule has 1 N–H and O–H groups in total. The van der Waals surface area contributed by atoms with E-state index in [1.54, 1.807) is 0 Å². The maximum atomic E-state index is 12.1. The van der Waals surface area contributed by atoms with Crippen molar-refractivity contribution in [2.24, 2.45) is 5.10 Å². The highest BCUT2D eigenvalue weighted by atomic mass is 16.7. The lowest BCUT2D eigenvalue weighted by Gasteiger charge is -2.03. The Labute approximate surface area is 151 Å². The minimum atomic E-state index is -0.618. The predicted octanol–water partition coefficient (Wildman–Crippen LogP) is 2.30. The lowest BCUT2D eigenvalue weighted by atomic mass is 10.1. The molecule has 0 saturated carbocycles. The molecule has 3 rings (SSSR count). The van der Waals surface area contributed by atoms with Crippen LogP contribution in [-0.4, -0.2) is 28.8 Å². The molecule has 0 atom stereocenters. The molecule has 0 spiro atoms. The summed E-state index contributed by atoms with van der Waals surface area (Å²) in [6.07, 6.45) is 1.11. The van der Waals surface area contributed by atoms with Gasteiger partial charge in [-0.15, -0.1) is 0 Å². The number of carbonyl (C=O) groups excluding carboxylic acids is 1. The van der Waals surface area contributed by atoms with Crippen LogP contribution in [0.15, 0.2) is 35.4 Å². The number of nitro groups is 2. The molecule has 0 aromatic heterocycles. The molecule has 0 unspecified atom stereocenters. The summed E-state index contributed by atoms with van der Waals surface area (Å²) in [5.74, 6) is -0.0312. The van der Waals surface area contributed by atoms with Crippen LogP contribution in [0.2, 0.25) is 0 Å². The number of amides is 1. The number of nitrogens with one attached hydrogen (secondary N) is 1. The fourth-order valence-electron chi connectivity index (χ4n) is 2.44. The van der Waals surface area contributed by atoms with Crippen molar-refractivity contribution >= 4 is 23.5 Å². The van der Waals surface area contributed by atoms with Crippen LogP contribution >= 0.6 is 0 Å². The molecular formula is C16H12N4O7. The van der Waals surface area contributed by atoms with Crippen molar-refractivity contribution in [1.29, 1.82) is 0 Å². The minimum Gasteiger partial charge on any atom is -0.454 e. The monoisotopic (exact) mass is 372 g/mol. The summed E-state index contributed by atoms with van der Waals surface area (Å²) in [6.45, 7) is 1.47. The van der Waals surface area contributed by atoms with Gasteiger partial charge in [0.25, 0.3) is 17.3 Å². The number of nitrogens with zero attached hydrogens (tertiary/aromatic N) is 3. The van der Waals surface area contributed by atoms with Gasteiger partial charge in [0.1, 0.15) is 0 Å². The van der Waals surface area contributed by atoms with E-state index in [1.807, 2.05) is 0 Å². The first-order valence-electron chi connectivity index (χ1n) is 7.53. The van der Waals surface area contributed by atoms with Crippen molar-refractivity contribution in [2.75, 3.05) is 6.79 Å². The predicted molar refractivity (Wildman–Crippen MR) is 92.1 cm³/mol. The number of rotatable bonds is 5. The van der Waals surface area contributed by atoms with E-state index in [9.17, 15) is 25.0 Å². The summed E-state index contributed by atoms with van der Waals surface area (Å²) in [7, 11) is 0. The van der Waals surface area contributed by atoms with Gasteiger partial charge in [-0.05, 0) is 25.1 Å². The molecule has 27 heavy (non-hydrogen) atoms. The number of fused-ring (bicyclic) bond motifs is 1. The highest BCUT2D eigenvalue weighted by Gasteiger charge is 2.22. The van der Waals surface area contributed by atoms with E-state index in [0.717, 1.165) is 6.21 Å². The summed E-state index contributed by atoms with van der Waals surface area (Å²) in [4.78, 5) is 32.9. The van der Waals surface area contributed by atoms with Crippen molar-refractivity contribution in [2.45, 2.75) is 6.92 Å². The van der Waals surface area contributed by atoms with Gasteiger partial charge in [-0.3, -0.25) is 25.0 Å². The van der Waals surface area contributed by atoms with Crippen molar-refractivity contribution in [3.8, 4) is 11.5 Å². The molecule has 1 aliphatic rings. The lowest BCUT2D eigenvalue weighted by Crippen LogP contribution is -2.18. The van der Waals surface area contributed by atoms with Gasteiger partial charge in [0.2, 0.25) is 6.79 Å². The third-order valence-electron chi connectivity index (χ3n) is 3.74. The van der Waals surface area contributed by atoms with E-state index in [1.165, 1.54) is 37.3 Å². The van der Waals surface area contributed by atoms with Crippen LogP contribution in [0.5, 0.6) is 11.5 Å². The van der Waals surface area contributed by atoms with Crippen LogP contribution in [0, 0.1) is 27.2 Å². The fourth-order valence-corrected chi connectivity index (χ4v) is 2.44. The summed E-state index contributed by atoms with van der Waals surface area (Å²) in [5.41, 5.74) is 2.46. The maximum Gasteiger partial charge on any atom is 0.282 e. The minimum absolute atomic E-state index is 0.0384. The molecule has 2 aromatic carbocycles. The van der Waals surface area contributed by atoms with Gasteiger partial charge in [0, 0.05) is 17.2 Å². The summed E-state index contributed by atoms with van der Waals surface area (Å²) >= 11 is 0. The maximum absolute atomic E-state index is 12.1. The summed E-state index contributed by atoms with van der Waals surface area (Å²) < 4.78 is 10.3. The number of ether oxygens (including phenoxy) is 2. The van der Waals surface area contributed by atoms with Crippen molar-refractivity contribution in [1.82, 2.24) is 5.43 Å². The number of nitro benzene ring substituents is 2. The Morgan fingerprint density at radius 2 is 1.78 bits per heavy atom. The SMILES string of the molecule is Cc1cc(C(=O)NN=Cc2cc3c(cc2[N+](=O)[O-])OCO3)ccc1[N+](=O)[O-]. The van der Waals surface area contributed by atoms with E-state index in [-0.39, 0.29) is 35.0 Å². The van der Waals surface area contributed by atoms with Crippen LogP contribution < -0.4 is 14.9 Å². The van der Waals surface area contributed by atoms with Crippen LogP contribution in [0.25, 0.3) is 0 Å². The second kappa shape index (κ2) is 7.07. The second-order valence-corrected chi connectivity index (χ2v) is 5.48. The smallest absolute Gasteiger partial charge is 0.282 e. The first kappa shape index (κ1) is 17.8. The molecule has 1 heterocycles. The molecule has 1 aliphatic heterocycles. The van der Waals surface area contributed by atoms with Gasteiger partial charge in [-0.1, -0.05) is 0 Å². The Morgan fingerprint density at radius 3 is 2.41 bits per heavy atom. The molecule has 2 aromatic rings. The van der Waals surface area contributed by atoms with Crippen LogP contribution in [0.3, 0.4) is 0 Å². The van der Waals surface area contributed by atoms with E-state index in [4.69, 9.17) is 9.47 Å². The molecule has 0 aliphatic carbocycles. The Morgan fingerprint density at radius 1 is 1.11 bits per heavy atom. The number of hydrazone groups is 1. The second-order valence-electron chi connectivity index (χ2n) is 5.48. The molecular weight excluding hydrogens is 360 g/mol. The number of benzene rings is 2. The summed E-state index contributed by atoms with van der Waals surface area (Å²) in [5, 5.41) is 25.7. The van der Waals surface area contributed by atoms with Gasteiger partial charge in [-0.2, -0.15) is 5.10 Å². The van der Waals surface area contributed by atoms with Gasteiger partial charge in [0.05, 0.1) is 27.7 Å². The Kier molecular flexibility index (Phi) is 4.66. The lowest BCUT2D eigenvalue weighted by molar-refractivity contribution is -0.385. The molecule has 11 heteroatoms. The van der Waals surface area contributed by atoms with Gasteiger partial charge in [-0.25, -0.2) is 5.43 Å². The molecule has 1 amide bonds. The molecule has 0 saturated heterocycles. The van der Waals surface area contributed by atoms with E-state index < -0.39 is 15.8 Å². The van der Waals surface area contributed by atoms with E-state index in [2.05, 4.69) is 10.5 Å². The molecule has 0 bridgehead atoms. The molecule has 0 fully saturated rings. The quantitative estimate of drug-likeness (QED) is 0.481. The summed E-state index contributed by atoms with van der Waals surface area (Å²) in [6, 6.07) is 6.46. The van der Waals surface area contributed by atoms with E-state index >= 15 is 0 Å². The van der Waals surface area contributed by atoms with Crippen molar-refractivity contribution in [3.05, 3.63) is 67.3 Å². The average molecular weight is 372 g/mol. The van der Waals surface area contributed by atoms with E-state index in [0.29, 0.717) is 11.3 Å². The number of aryl methyl sites for hydroxylation is 1. The van der Waals surface area contributed by atoms with Crippen LogP contribution in [-0.2, 0) is 0 Å². The zero-order valence-electron chi connectivity index (χ0n) is 13.9. The third-order valence-corrected chi connectivity index (χ3v) is 3.74. The standard InChI is InChI=1S/C16H12N4O7/c1-9-4-10(2-3-12(9)19(22)23)16(21)18-17-7-11-5-14-15(27-8-26-14)6-13(11)20(24)25/h2-7H,8H2,1H3,(H,18,21).